The molecule has 0 heterocycles. The van der Waals surface area contributed by atoms with Crippen LogP contribution in [0.5, 0.6) is 0 Å². The molecule has 0 atom stereocenters. The highest BCUT2D eigenvalue weighted by Gasteiger charge is 2.16. The van der Waals surface area contributed by atoms with Crippen LogP contribution >= 0.6 is 0 Å². The third-order valence-corrected chi connectivity index (χ3v) is 2.59. The van der Waals surface area contributed by atoms with Gasteiger partial charge in [0.2, 0.25) is 5.91 Å². The molecule has 0 fully saturated rings. The summed E-state index contributed by atoms with van der Waals surface area (Å²) in [6.07, 6.45) is 0.516. The summed E-state index contributed by atoms with van der Waals surface area (Å²) in [7, 11) is 3.66. The first-order valence-corrected chi connectivity index (χ1v) is 6.22. The van der Waals surface area contributed by atoms with E-state index in [0.29, 0.717) is 19.5 Å². The van der Waals surface area contributed by atoms with Crippen LogP contribution in [0.4, 0.5) is 5.69 Å². The van der Waals surface area contributed by atoms with Gasteiger partial charge >= 0.3 is 5.97 Å². The third kappa shape index (κ3) is 5.52. The Morgan fingerprint density at radius 2 is 1.79 bits per heavy atom. The molecule has 0 aliphatic heterocycles. The maximum Gasteiger partial charge on any atom is 0.303 e. The number of carboxylic acids is 1. The van der Waals surface area contributed by atoms with Gasteiger partial charge in [0.15, 0.2) is 0 Å². The number of anilines is 1. The monoisotopic (exact) mass is 264 g/mol. The number of carbonyl (C=O) groups is 2. The summed E-state index contributed by atoms with van der Waals surface area (Å²) in [6, 6.07) is 9.32. The van der Waals surface area contributed by atoms with E-state index < -0.39 is 5.97 Å². The van der Waals surface area contributed by atoms with Crippen molar-refractivity contribution in [1.29, 1.82) is 0 Å². The zero-order valence-corrected chi connectivity index (χ0v) is 11.4. The molecule has 0 aliphatic carbocycles. The van der Waals surface area contributed by atoms with Gasteiger partial charge in [-0.25, -0.2) is 0 Å². The minimum Gasteiger partial charge on any atom is -0.481 e. The van der Waals surface area contributed by atoms with E-state index in [0.717, 1.165) is 5.69 Å². The molecule has 1 rings (SSSR count). The smallest absolute Gasteiger partial charge is 0.303 e. The van der Waals surface area contributed by atoms with Crippen molar-refractivity contribution in [2.24, 2.45) is 0 Å². The van der Waals surface area contributed by atoms with Crippen molar-refractivity contribution in [3.8, 4) is 0 Å². The highest BCUT2D eigenvalue weighted by molar-refractivity contribution is 5.94. The van der Waals surface area contributed by atoms with E-state index in [-0.39, 0.29) is 12.3 Å². The van der Waals surface area contributed by atoms with Crippen LogP contribution in [0, 0.1) is 0 Å². The summed E-state index contributed by atoms with van der Waals surface area (Å²) in [5.74, 6) is -0.866. The molecule has 0 aliphatic rings. The summed E-state index contributed by atoms with van der Waals surface area (Å²) < 4.78 is 0. The number of aliphatic carboxylic acids is 1. The van der Waals surface area contributed by atoms with Crippen molar-refractivity contribution in [2.75, 3.05) is 32.1 Å². The zero-order valence-electron chi connectivity index (χ0n) is 11.4. The number of likely N-dealkylation sites (N-methyl/N-ethyl adjacent to an activating group) is 1. The van der Waals surface area contributed by atoms with E-state index in [1.165, 1.54) is 0 Å². The molecule has 0 bridgehead atoms. The van der Waals surface area contributed by atoms with Crippen LogP contribution < -0.4 is 4.90 Å². The van der Waals surface area contributed by atoms with Gasteiger partial charge in [-0.2, -0.15) is 0 Å². The Labute approximate surface area is 113 Å². The van der Waals surface area contributed by atoms with Crippen molar-refractivity contribution in [2.45, 2.75) is 12.8 Å². The SMILES string of the molecule is CN(C)CC(=O)N(CCCC(=O)O)c1ccccc1. The summed E-state index contributed by atoms with van der Waals surface area (Å²) in [6.45, 7) is 0.727. The number of carbonyl (C=O) groups excluding carboxylic acids is 1. The normalized spacial score (nSPS) is 10.5. The van der Waals surface area contributed by atoms with Crippen LogP contribution in [-0.2, 0) is 9.59 Å². The molecule has 0 spiro atoms. The Morgan fingerprint density at radius 3 is 2.32 bits per heavy atom. The van der Waals surface area contributed by atoms with Gasteiger partial charge in [-0.05, 0) is 32.6 Å². The second kappa shape index (κ2) is 7.53. The van der Waals surface area contributed by atoms with Gasteiger partial charge in [-0.1, -0.05) is 18.2 Å². The lowest BCUT2D eigenvalue weighted by Crippen LogP contribution is -2.38. The summed E-state index contributed by atoms with van der Waals surface area (Å²) in [4.78, 5) is 26.2. The van der Waals surface area contributed by atoms with Gasteiger partial charge < -0.3 is 14.9 Å². The van der Waals surface area contributed by atoms with Crippen molar-refractivity contribution in [1.82, 2.24) is 4.90 Å². The largest absolute Gasteiger partial charge is 0.481 e. The van der Waals surface area contributed by atoms with E-state index >= 15 is 0 Å². The highest BCUT2D eigenvalue weighted by atomic mass is 16.4. The molecule has 0 saturated carbocycles. The lowest BCUT2D eigenvalue weighted by Gasteiger charge is -2.24. The van der Waals surface area contributed by atoms with Gasteiger partial charge in [0.25, 0.3) is 0 Å². The maximum absolute atomic E-state index is 12.2. The average molecular weight is 264 g/mol. The standard InChI is InChI=1S/C14H20N2O3/c1-15(2)11-13(17)16(10-6-9-14(18)19)12-7-4-3-5-8-12/h3-5,7-8H,6,9-11H2,1-2H3,(H,18,19). The summed E-state index contributed by atoms with van der Waals surface area (Å²) in [5, 5.41) is 8.67. The van der Waals surface area contributed by atoms with Gasteiger partial charge in [0.1, 0.15) is 0 Å². The lowest BCUT2D eigenvalue weighted by atomic mass is 10.2. The minimum atomic E-state index is -0.840. The first-order valence-electron chi connectivity index (χ1n) is 6.22. The Balaban J connectivity index is 2.73. The fraction of sp³-hybridized carbons (Fsp3) is 0.429. The van der Waals surface area contributed by atoms with E-state index in [1.54, 1.807) is 9.80 Å². The summed E-state index contributed by atoms with van der Waals surface area (Å²) in [5.41, 5.74) is 0.805. The van der Waals surface area contributed by atoms with Gasteiger partial charge in [-0.3, -0.25) is 9.59 Å². The third-order valence-electron chi connectivity index (χ3n) is 2.59. The molecule has 1 amide bonds. The second-order valence-electron chi connectivity index (χ2n) is 4.62. The second-order valence-corrected chi connectivity index (χ2v) is 4.62. The van der Waals surface area contributed by atoms with Crippen molar-refractivity contribution >= 4 is 17.6 Å². The molecular formula is C14H20N2O3. The summed E-state index contributed by atoms with van der Waals surface area (Å²) >= 11 is 0. The predicted molar refractivity (Wildman–Crippen MR) is 74.2 cm³/mol. The fourth-order valence-electron chi connectivity index (χ4n) is 1.75. The van der Waals surface area contributed by atoms with Gasteiger partial charge in [0.05, 0.1) is 6.54 Å². The van der Waals surface area contributed by atoms with Crippen molar-refractivity contribution in [3.63, 3.8) is 0 Å². The molecular weight excluding hydrogens is 244 g/mol. The topological polar surface area (TPSA) is 60.9 Å². The van der Waals surface area contributed by atoms with Crippen LogP contribution in [0.25, 0.3) is 0 Å². The fourth-order valence-corrected chi connectivity index (χ4v) is 1.75. The number of hydrogen-bond donors (Lipinski definition) is 1. The van der Waals surface area contributed by atoms with E-state index in [9.17, 15) is 9.59 Å². The molecule has 0 saturated heterocycles. The van der Waals surface area contributed by atoms with Crippen LogP contribution in [0.1, 0.15) is 12.8 Å². The molecule has 5 heteroatoms. The van der Waals surface area contributed by atoms with E-state index in [1.807, 2.05) is 44.4 Å². The maximum atomic E-state index is 12.2. The molecule has 0 aromatic heterocycles. The molecule has 1 aromatic carbocycles. The lowest BCUT2D eigenvalue weighted by molar-refractivity contribution is -0.137. The Kier molecular flexibility index (Phi) is 6.02. The number of amides is 1. The predicted octanol–water partition coefficient (Wildman–Crippen LogP) is 1.45. The van der Waals surface area contributed by atoms with Crippen molar-refractivity contribution < 1.29 is 14.7 Å². The molecule has 0 unspecified atom stereocenters. The van der Waals surface area contributed by atoms with E-state index in [2.05, 4.69) is 0 Å². The van der Waals surface area contributed by atoms with Crippen molar-refractivity contribution in [3.05, 3.63) is 30.3 Å². The highest BCUT2D eigenvalue weighted by Crippen LogP contribution is 2.14. The molecule has 104 valence electrons. The number of carboxylic acid groups (broad SMARTS) is 1. The molecule has 19 heavy (non-hydrogen) atoms. The number of hydrogen-bond acceptors (Lipinski definition) is 3. The molecule has 0 radical (unpaired) electrons. The zero-order chi connectivity index (χ0) is 14.3. The Morgan fingerprint density at radius 1 is 1.16 bits per heavy atom. The number of benzene rings is 1. The van der Waals surface area contributed by atoms with Gasteiger partial charge in [-0.15, -0.1) is 0 Å². The first kappa shape index (κ1) is 15.2. The number of rotatable bonds is 7. The number of nitrogens with zero attached hydrogens (tertiary/aromatic N) is 2. The first-order chi connectivity index (χ1) is 9.00. The Hall–Kier alpha value is -1.88. The Bertz CT molecular complexity index is 418. The quantitative estimate of drug-likeness (QED) is 0.809. The van der Waals surface area contributed by atoms with Crippen LogP contribution in [0.2, 0.25) is 0 Å². The molecule has 1 N–H and O–H groups in total. The minimum absolute atomic E-state index is 0.0263. The molecule has 1 aromatic rings. The van der Waals surface area contributed by atoms with Crippen LogP contribution in [-0.4, -0.2) is 49.1 Å². The average Bonchev–Trinajstić information content (AvgIpc) is 2.34. The number of para-hydroxylation sites is 1. The van der Waals surface area contributed by atoms with Gasteiger partial charge in [0, 0.05) is 18.7 Å². The van der Waals surface area contributed by atoms with Crippen LogP contribution in [0.15, 0.2) is 30.3 Å². The van der Waals surface area contributed by atoms with Crippen LogP contribution in [0.3, 0.4) is 0 Å². The molecule has 5 nitrogen and oxygen atoms in total. The van der Waals surface area contributed by atoms with E-state index in [4.69, 9.17) is 5.11 Å².